The number of nitro groups is 1. The molecule has 2 aromatic carbocycles. The molecule has 9 nitrogen and oxygen atoms in total. The molecule has 3 aromatic rings. The zero-order valence-corrected chi connectivity index (χ0v) is 19.0. The van der Waals surface area contributed by atoms with E-state index in [9.17, 15) is 19.7 Å². The van der Waals surface area contributed by atoms with E-state index in [1.165, 1.54) is 18.2 Å². The summed E-state index contributed by atoms with van der Waals surface area (Å²) in [5, 5.41) is 16.5. The van der Waals surface area contributed by atoms with Crippen LogP contribution in [0.1, 0.15) is 22.5 Å². The van der Waals surface area contributed by atoms with Gasteiger partial charge in [-0.3, -0.25) is 19.7 Å². The number of amides is 2. The summed E-state index contributed by atoms with van der Waals surface area (Å²) in [4.78, 5) is 38.1. The van der Waals surface area contributed by atoms with Crippen molar-refractivity contribution in [2.24, 2.45) is 0 Å². The lowest BCUT2D eigenvalue weighted by Gasteiger charge is -2.12. The molecule has 1 heterocycles. The van der Waals surface area contributed by atoms with Gasteiger partial charge in [0.15, 0.2) is 0 Å². The minimum atomic E-state index is -0.481. The maximum Gasteiger partial charge on any atom is 0.270 e. The van der Waals surface area contributed by atoms with Gasteiger partial charge in [0.1, 0.15) is 17.2 Å². The quantitative estimate of drug-likeness (QED) is 0.205. The minimum Gasteiger partial charge on any atom is -0.457 e. The van der Waals surface area contributed by atoms with Crippen molar-refractivity contribution in [2.45, 2.75) is 6.42 Å². The molecule has 0 saturated carbocycles. The number of nitro benzene ring substituents is 1. The maximum absolute atomic E-state index is 12.8. The number of nitrogens with one attached hydrogen (secondary N) is 2. The highest BCUT2D eigenvalue weighted by Crippen LogP contribution is 2.26. The van der Waals surface area contributed by atoms with E-state index in [0.29, 0.717) is 29.2 Å². The minimum absolute atomic E-state index is 0.0265. The molecule has 2 N–H and O–H groups in total. The van der Waals surface area contributed by atoms with Gasteiger partial charge in [-0.2, -0.15) is 0 Å². The molecule has 0 spiro atoms. The first-order valence-electron chi connectivity index (χ1n) is 10.7. The first-order chi connectivity index (χ1) is 16.3. The highest BCUT2D eigenvalue weighted by Gasteiger charge is 2.16. The van der Waals surface area contributed by atoms with Crippen molar-refractivity contribution in [3.05, 3.63) is 93.9 Å². The first kappa shape index (κ1) is 24.4. The van der Waals surface area contributed by atoms with Crippen LogP contribution < -0.4 is 10.6 Å². The highest BCUT2D eigenvalue weighted by atomic mass is 16.6. The SMILES string of the molecule is CN(C)CCCNC(=O)C(=Cc1ccc(-c2cccc([N+](=O)[O-])c2)o1)NC(=O)c1ccccc1. The molecule has 0 unspecified atom stereocenters. The Morgan fingerprint density at radius 3 is 2.53 bits per heavy atom. The summed E-state index contributed by atoms with van der Waals surface area (Å²) in [5.41, 5.74) is 0.903. The van der Waals surface area contributed by atoms with Gasteiger partial charge in [-0.05, 0) is 51.3 Å². The average molecular weight is 463 g/mol. The van der Waals surface area contributed by atoms with Crippen molar-refractivity contribution in [3.63, 3.8) is 0 Å². The Balaban J connectivity index is 1.82. The Hall–Kier alpha value is -4.24. The van der Waals surface area contributed by atoms with Crippen molar-refractivity contribution in [1.29, 1.82) is 0 Å². The Labute approximate surface area is 197 Å². The van der Waals surface area contributed by atoms with Gasteiger partial charge in [-0.1, -0.05) is 30.3 Å². The van der Waals surface area contributed by atoms with Crippen molar-refractivity contribution in [1.82, 2.24) is 15.5 Å². The predicted octanol–water partition coefficient (Wildman–Crippen LogP) is 3.69. The molecule has 9 heteroatoms. The van der Waals surface area contributed by atoms with E-state index in [1.807, 2.05) is 19.0 Å². The Morgan fingerprint density at radius 1 is 1.06 bits per heavy atom. The molecular formula is C25H26N4O5. The van der Waals surface area contributed by atoms with Gasteiger partial charge in [0.2, 0.25) is 0 Å². The maximum atomic E-state index is 12.8. The Morgan fingerprint density at radius 2 is 1.82 bits per heavy atom. The van der Waals surface area contributed by atoms with Crippen LogP contribution in [0.3, 0.4) is 0 Å². The van der Waals surface area contributed by atoms with Crippen molar-refractivity contribution in [3.8, 4) is 11.3 Å². The van der Waals surface area contributed by atoms with E-state index < -0.39 is 16.7 Å². The number of nitrogens with zero attached hydrogens (tertiary/aromatic N) is 2. The second-order valence-corrected chi connectivity index (χ2v) is 7.80. The molecule has 2 amide bonds. The molecule has 0 aliphatic heterocycles. The largest absolute Gasteiger partial charge is 0.457 e. The van der Waals surface area contributed by atoms with Gasteiger partial charge >= 0.3 is 0 Å². The third-order valence-corrected chi connectivity index (χ3v) is 4.85. The topological polar surface area (TPSA) is 118 Å². The van der Waals surface area contributed by atoms with Crippen LogP contribution in [0.25, 0.3) is 17.4 Å². The van der Waals surface area contributed by atoms with E-state index in [1.54, 1.807) is 54.6 Å². The van der Waals surface area contributed by atoms with E-state index >= 15 is 0 Å². The summed E-state index contributed by atoms with van der Waals surface area (Å²) in [6.07, 6.45) is 2.18. The Bertz CT molecular complexity index is 1180. The number of non-ortho nitro benzene ring substituents is 1. The van der Waals surface area contributed by atoms with Crippen LogP contribution in [0.5, 0.6) is 0 Å². The van der Waals surface area contributed by atoms with Gasteiger partial charge < -0.3 is 20.0 Å². The predicted molar refractivity (Wildman–Crippen MR) is 129 cm³/mol. The van der Waals surface area contributed by atoms with Crippen LogP contribution in [0.15, 0.2) is 76.8 Å². The van der Waals surface area contributed by atoms with Crippen molar-refractivity contribution < 1.29 is 18.9 Å². The van der Waals surface area contributed by atoms with Crippen LogP contribution in [0, 0.1) is 10.1 Å². The molecule has 0 aliphatic carbocycles. The molecule has 34 heavy (non-hydrogen) atoms. The zero-order chi connectivity index (χ0) is 24.5. The molecular weight excluding hydrogens is 436 g/mol. The van der Waals surface area contributed by atoms with Crippen molar-refractivity contribution >= 4 is 23.6 Å². The van der Waals surface area contributed by atoms with E-state index in [-0.39, 0.29) is 11.4 Å². The fraction of sp³-hybridized carbons (Fsp3) is 0.200. The molecule has 0 fully saturated rings. The normalized spacial score (nSPS) is 11.3. The number of hydrogen-bond donors (Lipinski definition) is 2. The molecule has 0 atom stereocenters. The summed E-state index contributed by atoms with van der Waals surface area (Å²) in [5.74, 6) is -0.166. The molecule has 1 aromatic heterocycles. The van der Waals surface area contributed by atoms with Crippen LogP contribution in [0.2, 0.25) is 0 Å². The summed E-state index contributed by atoms with van der Waals surface area (Å²) in [6.45, 7) is 1.24. The van der Waals surface area contributed by atoms with Gasteiger partial charge in [0.05, 0.1) is 4.92 Å². The van der Waals surface area contributed by atoms with Gasteiger partial charge in [-0.25, -0.2) is 0 Å². The van der Waals surface area contributed by atoms with Crippen molar-refractivity contribution in [2.75, 3.05) is 27.2 Å². The summed E-state index contributed by atoms with van der Waals surface area (Å²) < 4.78 is 5.79. The summed E-state index contributed by atoms with van der Waals surface area (Å²) >= 11 is 0. The van der Waals surface area contributed by atoms with E-state index in [2.05, 4.69) is 10.6 Å². The third kappa shape index (κ3) is 6.88. The Kier molecular flexibility index (Phi) is 8.31. The van der Waals surface area contributed by atoms with E-state index in [0.717, 1.165) is 13.0 Å². The van der Waals surface area contributed by atoms with Gasteiger partial charge in [-0.15, -0.1) is 0 Å². The summed E-state index contributed by atoms with van der Waals surface area (Å²) in [6, 6.07) is 17.9. The molecule has 0 radical (unpaired) electrons. The second kappa shape index (κ2) is 11.6. The fourth-order valence-electron chi connectivity index (χ4n) is 3.14. The number of hydrogen-bond acceptors (Lipinski definition) is 6. The molecule has 0 bridgehead atoms. The number of rotatable bonds is 10. The van der Waals surface area contributed by atoms with Crippen LogP contribution in [-0.2, 0) is 4.79 Å². The standard InChI is InChI=1S/C25H26N4O5/c1-28(2)15-7-14-26-25(31)22(27-24(30)18-8-4-3-5-9-18)17-21-12-13-23(34-21)19-10-6-11-20(16-19)29(32)33/h3-6,8-13,16-17H,7,14-15H2,1-2H3,(H,26,31)(H,27,30). The lowest BCUT2D eigenvalue weighted by molar-refractivity contribution is -0.384. The monoisotopic (exact) mass is 462 g/mol. The lowest BCUT2D eigenvalue weighted by Crippen LogP contribution is -2.36. The van der Waals surface area contributed by atoms with E-state index in [4.69, 9.17) is 4.42 Å². The molecule has 0 saturated heterocycles. The highest BCUT2D eigenvalue weighted by molar-refractivity contribution is 6.05. The van der Waals surface area contributed by atoms with Crippen LogP contribution in [0.4, 0.5) is 5.69 Å². The number of carbonyl (C=O) groups excluding carboxylic acids is 2. The number of furan rings is 1. The molecule has 0 aliphatic rings. The van der Waals surface area contributed by atoms with Gasteiger partial charge in [0.25, 0.3) is 17.5 Å². The average Bonchev–Trinajstić information content (AvgIpc) is 3.30. The van der Waals surface area contributed by atoms with Crippen LogP contribution in [-0.4, -0.2) is 48.8 Å². The molecule has 176 valence electrons. The van der Waals surface area contributed by atoms with Gasteiger partial charge in [0, 0.05) is 35.9 Å². The lowest BCUT2D eigenvalue weighted by atomic mass is 10.1. The molecule has 3 rings (SSSR count). The smallest absolute Gasteiger partial charge is 0.270 e. The third-order valence-electron chi connectivity index (χ3n) is 4.85. The zero-order valence-electron chi connectivity index (χ0n) is 19.0. The number of carbonyl (C=O) groups is 2. The number of benzene rings is 2. The summed E-state index contributed by atoms with van der Waals surface area (Å²) in [7, 11) is 3.89. The van der Waals surface area contributed by atoms with Crippen LogP contribution >= 0.6 is 0 Å². The second-order valence-electron chi connectivity index (χ2n) is 7.80. The first-order valence-corrected chi connectivity index (χ1v) is 10.7. The fourth-order valence-corrected chi connectivity index (χ4v) is 3.14.